The zero-order valence-corrected chi connectivity index (χ0v) is 15.4. The van der Waals surface area contributed by atoms with E-state index in [1.165, 1.54) is 0 Å². The lowest BCUT2D eigenvalue weighted by Gasteiger charge is -2.26. The lowest BCUT2D eigenvalue weighted by atomic mass is 9.84. The molecule has 0 atom stereocenters. The molecule has 0 saturated carbocycles. The van der Waals surface area contributed by atoms with Crippen LogP contribution in [0.15, 0.2) is 36.4 Å². The van der Waals surface area contributed by atoms with Crippen molar-refractivity contribution in [3.8, 4) is 23.0 Å². The first-order valence-electron chi connectivity index (χ1n) is 8.34. The van der Waals surface area contributed by atoms with E-state index in [-0.39, 0.29) is 18.1 Å². The third kappa shape index (κ3) is 3.69. The third-order valence-electron chi connectivity index (χ3n) is 4.46. The maximum Gasteiger partial charge on any atom is 0.251 e. The molecule has 0 saturated heterocycles. The Kier molecular flexibility index (Phi) is 4.93. The Balaban J connectivity index is 1.72. The predicted molar refractivity (Wildman–Crippen MR) is 97.5 cm³/mol. The van der Waals surface area contributed by atoms with E-state index in [0.29, 0.717) is 23.6 Å². The molecule has 0 spiro atoms. The number of hydrogen-bond donors (Lipinski definition) is 1. The molecule has 26 heavy (non-hydrogen) atoms. The van der Waals surface area contributed by atoms with Gasteiger partial charge >= 0.3 is 0 Å². The van der Waals surface area contributed by atoms with E-state index in [4.69, 9.17) is 18.9 Å². The number of carbonyl (C=O) groups excluding carboxylic acids is 1. The number of ether oxygens (including phenoxy) is 4. The van der Waals surface area contributed by atoms with Gasteiger partial charge in [-0.05, 0) is 29.8 Å². The van der Waals surface area contributed by atoms with Crippen molar-refractivity contribution < 1.29 is 23.7 Å². The van der Waals surface area contributed by atoms with Crippen molar-refractivity contribution in [2.75, 3.05) is 27.6 Å². The van der Waals surface area contributed by atoms with Gasteiger partial charge in [0.15, 0.2) is 11.5 Å². The highest BCUT2D eigenvalue weighted by atomic mass is 16.7. The molecular formula is C20H23NO5. The van der Waals surface area contributed by atoms with Crippen molar-refractivity contribution in [2.24, 2.45) is 0 Å². The molecule has 1 aliphatic heterocycles. The SMILES string of the molecule is COc1cc(OC)cc(C(=O)NCC(C)(C)c2ccc3c(c2)OCO3)c1. The summed E-state index contributed by atoms with van der Waals surface area (Å²) in [5, 5.41) is 2.99. The van der Waals surface area contributed by atoms with Crippen LogP contribution < -0.4 is 24.3 Å². The second-order valence-corrected chi connectivity index (χ2v) is 6.74. The van der Waals surface area contributed by atoms with E-state index in [2.05, 4.69) is 19.2 Å². The van der Waals surface area contributed by atoms with Gasteiger partial charge in [0.2, 0.25) is 6.79 Å². The quantitative estimate of drug-likeness (QED) is 0.860. The number of methoxy groups -OCH3 is 2. The molecule has 1 amide bonds. The summed E-state index contributed by atoms with van der Waals surface area (Å²) in [6.07, 6.45) is 0. The predicted octanol–water partition coefficient (Wildman–Crippen LogP) is 3.14. The molecule has 0 fully saturated rings. The maximum absolute atomic E-state index is 12.6. The number of hydrogen-bond acceptors (Lipinski definition) is 5. The van der Waals surface area contributed by atoms with Gasteiger partial charge in [0.25, 0.3) is 5.91 Å². The van der Waals surface area contributed by atoms with Gasteiger partial charge < -0.3 is 24.3 Å². The summed E-state index contributed by atoms with van der Waals surface area (Å²) in [6, 6.07) is 11.0. The molecule has 2 aromatic rings. The molecule has 3 rings (SSSR count). The summed E-state index contributed by atoms with van der Waals surface area (Å²) in [4.78, 5) is 12.6. The van der Waals surface area contributed by atoms with Crippen LogP contribution in [0.4, 0.5) is 0 Å². The normalized spacial score (nSPS) is 12.6. The molecule has 6 heteroatoms. The van der Waals surface area contributed by atoms with Gasteiger partial charge in [-0.3, -0.25) is 4.79 Å². The highest BCUT2D eigenvalue weighted by Gasteiger charge is 2.25. The standard InChI is InChI=1S/C20H23NO5/c1-20(2,14-5-6-17-18(9-14)26-12-25-17)11-21-19(22)13-7-15(23-3)10-16(8-13)24-4/h5-10H,11-12H2,1-4H3,(H,21,22). The molecule has 1 N–H and O–H groups in total. The van der Waals surface area contributed by atoms with Gasteiger partial charge in [-0.15, -0.1) is 0 Å². The average molecular weight is 357 g/mol. The first-order valence-corrected chi connectivity index (χ1v) is 8.34. The number of carbonyl (C=O) groups is 1. The zero-order chi connectivity index (χ0) is 18.7. The van der Waals surface area contributed by atoms with Crippen molar-refractivity contribution in [2.45, 2.75) is 19.3 Å². The van der Waals surface area contributed by atoms with Crippen LogP contribution >= 0.6 is 0 Å². The minimum Gasteiger partial charge on any atom is -0.497 e. The van der Waals surface area contributed by atoms with E-state index in [1.807, 2.05) is 18.2 Å². The van der Waals surface area contributed by atoms with Crippen LogP contribution in [0, 0.1) is 0 Å². The van der Waals surface area contributed by atoms with Crippen LogP contribution in [-0.4, -0.2) is 33.5 Å². The van der Waals surface area contributed by atoms with Crippen LogP contribution in [0.5, 0.6) is 23.0 Å². The fourth-order valence-electron chi connectivity index (χ4n) is 2.76. The average Bonchev–Trinajstić information content (AvgIpc) is 3.13. The summed E-state index contributed by atoms with van der Waals surface area (Å²) in [5.41, 5.74) is 1.27. The minimum atomic E-state index is -0.278. The molecule has 2 aromatic carbocycles. The Bertz CT molecular complexity index is 794. The number of rotatable bonds is 6. The van der Waals surface area contributed by atoms with E-state index >= 15 is 0 Å². The van der Waals surface area contributed by atoms with Crippen molar-refractivity contribution >= 4 is 5.91 Å². The van der Waals surface area contributed by atoms with Crippen molar-refractivity contribution in [1.29, 1.82) is 0 Å². The van der Waals surface area contributed by atoms with Crippen LogP contribution in [0.25, 0.3) is 0 Å². The largest absolute Gasteiger partial charge is 0.497 e. The summed E-state index contributed by atoms with van der Waals surface area (Å²) < 4.78 is 21.2. The van der Waals surface area contributed by atoms with Crippen LogP contribution in [0.1, 0.15) is 29.8 Å². The molecule has 0 unspecified atom stereocenters. The van der Waals surface area contributed by atoms with Gasteiger partial charge in [0, 0.05) is 23.6 Å². The summed E-state index contributed by atoms with van der Waals surface area (Å²) in [6.45, 7) is 4.84. The van der Waals surface area contributed by atoms with Gasteiger partial charge in [0.1, 0.15) is 11.5 Å². The number of nitrogens with one attached hydrogen (secondary N) is 1. The molecule has 1 heterocycles. The van der Waals surface area contributed by atoms with Gasteiger partial charge in [0.05, 0.1) is 14.2 Å². The number of fused-ring (bicyclic) bond motifs is 1. The molecule has 1 aliphatic rings. The lowest BCUT2D eigenvalue weighted by Crippen LogP contribution is -2.36. The molecule has 138 valence electrons. The summed E-state index contributed by atoms with van der Waals surface area (Å²) in [5.74, 6) is 2.45. The molecule has 6 nitrogen and oxygen atoms in total. The van der Waals surface area contributed by atoms with Crippen LogP contribution in [0.2, 0.25) is 0 Å². The maximum atomic E-state index is 12.6. The fraction of sp³-hybridized carbons (Fsp3) is 0.350. The van der Waals surface area contributed by atoms with Crippen LogP contribution in [-0.2, 0) is 5.41 Å². The monoisotopic (exact) mass is 357 g/mol. The Labute approximate surface area is 153 Å². The van der Waals surface area contributed by atoms with Crippen molar-refractivity contribution in [3.05, 3.63) is 47.5 Å². The second kappa shape index (κ2) is 7.15. The first-order chi connectivity index (χ1) is 12.4. The smallest absolute Gasteiger partial charge is 0.251 e. The summed E-state index contributed by atoms with van der Waals surface area (Å²) >= 11 is 0. The lowest BCUT2D eigenvalue weighted by molar-refractivity contribution is 0.0945. The second-order valence-electron chi connectivity index (χ2n) is 6.74. The Morgan fingerprint density at radius 2 is 1.69 bits per heavy atom. The Morgan fingerprint density at radius 3 is 2.35 bits per heavy atom. The minimum absolute atomic E-state index is 0.184. The van der Waals surface area contributed by atoms with Gasteiger partial charge in [-0.25, -0.2) is 0 Å². The topological polar surface area (TPSA) is 66.0 Å². The number of benzene rings is 2. The van der Waals surface area contributed by atoms with E-state index < -0.39 is 0 Å². The number of amides is 1. The molecular weight excluding hydrogens is 334 g/mol. The summed E-state index contributed by atoms with van der Waals surface area (Å²) in [7, 11) is 3.11. The third-order valence-corrected chi connectivity index (χ3v) is 4.46. The molecule has 0 radical (unpaired) electrons. The van der Waals surface area contributed by atoms with Crippen molar-refractivity contribution in [3.63, 3.8) is 0 Å². The molecule has 0 aromatic heterocycles. The Morgan fingerprint density at radius 1 is 1.04 bits per heavy atom. The highest BCUT2D eigenvalue weighted by Crippen LogP contribution is 2.36. The highest BCUT2D eigenvalue weighted by molar-refractivity contribution is 5.95. The first kappa shape index (κ1) is 17.9. The van der Waals surface area contributed by atoms with Crippen LogP contribution in [0.3, 0.4) is 0 Å². The van der Waals surface area contributed by atoms with E-state index in [9.17, 15) is 4.79 Å². The van der Waals surface area contributed by atoms with E-state index in [1.54, 1.807) is 32.4 Å². The van der Waals surface area contributed by atoms with Gasteiger partial charge in [-0.1, -0.05) is 19.9 Å². The Hall–Kier alpha value is -2.89. The fourth-order valence-corrected chi connectivity index (χ4v) is 2.76. The molecule has 0 aliphatic carbocycles. The zero-order valence-electron chi connectivity index (χ0n) is 15.4. The van der Waals surface area contributed by atoms with Gasteiger partial charge in [-0.2, -0.15) is 0 Å². The molecule has 0 bridgehead atoms. The van der Waals surface area contributed by atoms with E-state index in [0.717, 1.165) is 17.1 Å². The van der Waals surface area contributed by atoms with Crippen molar-refractivity contribution in [1.82, 2.24) is 5.32 Å².